The van der Waals surface area contributed by atoms with Gasteiger partial charge in [0.1, 0.15) is 17.7 Å². The van der Waals surface area contributed by atoms with Crippen LogP contribution in [0, 0.1) is 12.3 Å². The molecule has 130 valence electrons. The SMILES string of the molecule is Cc1cc(N2CC(O)C2)nc2c1c(=O)c(C(=O)O)cn2/C(S)=N/C=N. The van der Waals surface area contributed by atoms with Crippen LogP contribution in [0.5, 0.6) is 0 Å². The molecule has 1 aliphatic rings. The van der Waals surface area contributed by atoms with Crippen molar-refractivity contribution in [1.29, 1.82) is 5.41 Å². The molecule has 1 saturated heterocycles. The Morgan fingerprint density at radius 1 is 1.52 bits per heavy atom. The molecule has 9 nitrogen and oxygen atoms in total. The van der Waals surface area contributed by atoms with Crippen LogP contribution < -0.4 is 10.3 Å². The Morgan fingerprint density at radius 2 is 2.20 bits per heavy atom. The second-order valence-corrected chi connectivity index (χ2v) is 6.06. The minimum atomic E-state index is -1.37. The maximum Gasteiger partial charge on any atom is 0.341 e. The fraction of sp³-hybridized carbons (Fsp3) is 0.267. The van der Waals surface area contributed by atoms with E-state index in [0.717, 1.165) is 12.5 Å². The van der Waals surface area contributed by atoms with Crippen molar-refractivity contribution in [2.24, 2.45) is 4.99 Å². The van der Waals surface area contributed by atoms with E-state index in [-0.39, 0.29) is 16.2 Å². The number of rotatable bonds is 3. The summed E-state index contributed by atoms with van der Waals surface area (Å²) in [5, 5.41) is 26.0. The third-order valence-corrected chi connectivity index (χ3v) is 4.29. The Hall–Kier alpha value is -2.72. The van der Waals surface area contributed by atoms with Gasteiger partial charge in [0.05, 0.1) is 11.5 Å². The summed E-state index contributed by atoms with van der Waals surface area (Å²) >= 11 is 4.17. The molecule has 3 rings (SSSR count). The van der Waals surface area contributed by atoms with Crippen molar-refractivity contribution in [3.05, 3.63) is 33.6 Å². The summed E-state index contributed by atoms with van der Waals surface area (Å²) in [4.78, 5) is 33.9. The average Bonchev–Trinajstić information content (AvgIpc) is 2.51. The van der Waals surface area contributed by atoms with Crippen LogP contribution >= 0.6 is 12.6 Å². The molecule has 2 aromatic heterocycles. The molecule has 1 fully saturated rings. The monoisotopic (exact) mass is 361 g/mol. The van der Waals surface area contributed by atoms with Crippen LogP contribution in [0.2, 0.25) is 0 Å². The Labute approximate surface area is 147 Å². The molecule has 0 aliphatic carbocycles. The molecule has 3 N–H and O–H groups in total. The van der Waals surface area contributed by atoms with E-state index in [0.29, 0.717) is 24.5 Å². The molecular weight excluding hydrogens is 346 g/mol. The highest BCUT2D eigenvalue weighted by Gasteiger charge is 2.27. The number of aliphatic hydroxyl groups excluding tert-OH is 1. The van der Waals surface area contributed by atoms with Crippen LogP contribution in [0.3, 0.4) is 0 Å². The number of anilines is 1. The first-order valence-electron chi connectivity index (χ1n) is 7.33. The lowest BCUT2D eigenvalue weighted by Crippen LogP contribution is -2.51. The van der Waals surface area contributed by atoms with E-state index in [1.54, 1.807) is 13.0 Å². The van der Waals surface area contributed by atoms with Gasteiger partial charge in [-0.1, -0.05) is 0 Å². The molecule has 2 aromatic rings. The van der Waals surface area contributed by atoms with Crippen LogP contribution in [0.25, 0.3) is 11.0 Å². The molecule has 0 atom stereocenters. The minimum absolute atomic E-state index is 0.00944. The quantitative estimate of drug-likeness (QED) is 0.354. The van der Waals surface area contributed by atoms with Crippen LogP contribution in [0.1, 0.15) is 15.9 Å². The van der Waals surface area contributed by atoms with Crippen molar-refractivity contribution in [3.63, 3.8) is 0 Å². The number of nitrogens with zero attached hydrogens (tertiary/aromatic N) is 4. The number of aromatic nitrogens is 2. The van der Waals surface area contributed by atoms with Crippen molar-refractivity contribution < 1.29 is 15.0 Å². The third-order valence-electron chi connectivity index (χ3n) is 3.95. The summed E-state index contributed by atoms with van der Waals surface area (Å²) in [7, 11) is 0. The number of carbonyl (C=O) groups is 1. The number of carboxylic acid groups (broad SMARTS) is 1. The standard InChI is InChI=1S/C15H15N5O4S/c1-7-2-10(19-3-8(21)4-19)18-13-11(7)12(22)9(14(23)24)5-20(13)15(25)17-6-16/h2,5-6,8,21H,3-4H2,1H3,(H,23,24)(H2,16,17,25). The Balaban J connectivity index is 2.35. The molecule has 0 amide bonds. The Kier molecular flexibility index (Phi) is 4.31. The van der Waals surface area contributed by atoms with Gasteiger partial charge in [0, 0.05) is 19.3 Å². The maximum atomic E-state index is 12.5. The molecule has 0 bridgehead atoms. The van der Waals surface area contributed by atoms with Gasteiger partial charge >= 0.3 is 5.97 Å². The molecular formula is C15H15N5O4S. The van der Waals surface area contributed by atoms with Crippen molar-refractivity contribution in [1.82, 2.24) is 9.55 Å². The van der Waals surface area contributed by atoms with Gasteiger partial charge in [-0.3, -0.25) is 14.8 Å². The van der Waals surface area contributed by atoms with Crippen molar-refractivity contribution in [3.8, 4) is 0 Å². The van der Waals surface area contributed by atoms with E-state index < -0.39 is 23.1 Å². The summed E-state index contributed by atoms with van der Waals surface area (Å²) in [6.07, 6.45) is 1.44. The van der Waals surface area contributed by atoms with E-state index in [2.05, 4.69) is 22.6 Å². The third kappa shape index (κ3) is 2.89. The van der Waals surface area contributed by atoms with Gasteiger partial charge < -0.3 is 15.1 Å². The Bertz CT molecular complexity index is 978. The van der Waals surface area contributed by atoms with Gasteiger partial charge in [-0.2, -0.15) is 0 Å². The number of nitrogens with one attached hydrogen (secondary N) is 1. The normalized spacial score (nSPS) is 15.3. The second-order valence-electron chi connectivity index (χ2n) is 5.66. The van der Waals surface area contributed by atoms with Gasteiger partial charge in [0.2, 0.25) is 5.43 Å². The number of fused-ring (bicyclic) bond motifs is 1. The maximum absolute atomic E-state index is 12.5. The van der Waals surface area contributed by atoms with Crippen LogP contribution in [-0.4, -0.2) is 56.4 Å². The van der Waals surface area contributed by atoms with E-state index in [1.807, 2.05) is 4.90 Å². The second kappa shape index (κ2) is 6.30. The minimum Gasteiger partial charge on any atom is -0.477 e. The number of aromatic carboxylic acids is 1. The van der Waals surface area contributed by atoms with Gasteiger partial charge in [-0.25, -0.2) is 14.8 Å². The smallest absolute Gasteiger partial charge is 0.341 e. The van der Waals surface area contributed by atoms with E-state index in [1.165, 1.54) is 4.57 Å². The zero-order valence-corrected chi connectivity index (χ0v) is 14.1. The van der Waals surface area contributed by atoms with Crippen molar-refractivity contribution in [2.45, 2.75) is 13.0 Å². The summed E-state index contributed by atoms with van der Waals surface area (Å²) in [6.45, 7) is 2.54. The number of aryl methyl sites for hydroxylation is 1. The highest BCUT2D eigenvalue weighted by Crippen LogP contribution is 2.24. The summed E-state index contributed by atoms with van der Waals surface area (Å²) in [5.74, 6) is -0.812. The Morgan fingerprint density at radius 3 is 2.76 bits per heavy atom. The number of carboxylic acids is 1. The molecule has 0 unspecified atom stereocenters. The predicted octanol–water partition coefficient (Wildman–Crippen LogP) is 0.325. The summed E-state index contributed by atoms with van der Waals surface area (Å²) < 4.78 is 1.26. The predicted molar refractivity (Wildman–Crippen MR) is 96.5 cm³/mol. The molecule has 10 heteroatoms. The average molecular weight is 361 g/mol. The van der Waals surface area contributed by atoms with Crippen LogP contribution in [0.15, 0.2) is 22.1 Å². The highest BCUT2D eigenvalue weighted by atomic mass is 32.1. The molecule has 0 saturated carbocycles. The highest BCUT2D eigenvalue weighted by molar-refractivity contribution is 7.97. The van der Waals surface area contributed by atoms with Gasteiger partial charge in [0.25, 0.3) is 0 Å². The first kappa shape index (κ1) is 17.1. The number of aliphatic hydroxyl groups is 1. The largest absolute Gasteiger partial charge is 0.477 e. The lowest BCUT2D eigenvalue weighted by Gasteiger charge is -2.37. The fourth-order valence-corrected chi connectivity index (χ4v) is 2.92. The van der Waals surface area contributed by atoms with E-state index in [9.17, 15) is 19.8 Å². The molecule has 0 aromatic carbocycles. The molecule has 1 aliphatic heterocycles. The van der Waals surface area contributed by atoms with E-state index >= 15 is 0 Å². The summed E-state index contributed by atoms with van der Waals surface area (Å²) in [6, 6.07) is 1.68. The zero-order chi connectivity index (χ0) is 18.3. The lowest BCUT2D eigenvalue weighted by atomic mass is 10.1. The van der Waals surface area contributed by atoms with E-state index in [4.69, 9.17) is 5.41 Å². The summed E-state index contributed by atoms with van der Waals surface area (Å²) in [5.41, 5.74) is -0.326. The van der Waals surface area contributed by atoms with Gasteiger partial charge in [-0.05, 0) is 18.6 Å². The number of thiol groups is 1. The number of hydrogen-bond donors (Lipinski definition) is 4. The van der Waals surface area contributed by atoms with Gasteiger partial charge in [0.15, 0.2) is 10.8 Å². The lowest BCUT2D eigenvalue weighted by molar-refractivity contribution is 0.0695. The number of pyridine rings is 2. The zero-order valence-electron chi connectivity index (χ0n) is 13.2. The molecule has 0 spiro atoms. The van der Waals surface area contributed by atoms with Crippen molar-refractivity contribution >= 4 is 47.0 Å². The van der Waals surface area contributed by atoms with Crippen LogP contribution in [-0.2, 0) is 0 Å². The molecule has 3 heterocycles. The van der Waals surface area contributed by atoms with Crippen LogP contribution in [0.4, 0.5) is 5.82 Å². The number of hydrogen-bond acceptors (Lipinski definition) is 6. The molecule has 0 radical (unpaired) electrons. The number of β-amino-alcohol motifs (C(OH)–C–C–N with tert-alkyl or cyclic N) is 1. The van der Waals surface area contributed by atoms with Gasteiger partial charge in [-0.15, -0.1) is 12.6 Å². The first-order valence-corrected chi connectivity index (χ1v) is 7.77. The molecule has 25 heavy (non-hydrogen) atoms. The first-order chi connectivity index (χ1) is 11.8. The fourth-order valence-electron chi connectivity index (χ4n) is 2.71. The van der Waals surface area contributed by atoms with Crippen molar-refractivity contribution in [2.75, 3.05) is 18.0 Å². The number of aliphatic imine (C=N–C) groups is 1. The topological polar surface area (TPSA) is 132 Å².